The number of hydrogen-bond acceptors (Lipinski definition) is 4. The molecule has 188 valence electrons. The number of nitrogens with one attached hydrogen (secondary N) is 1. The highest BCUT2D eigenvalue weighted by molar-refractivity contribution is 7.93. The van der Waals surface area contributed by atoms with Gasteiger partial charge in [-0.05, 0) is 36.2 Å². The second-order valence-electron chi connectivity index (χ2n) is 6.67. The molecule has 0 radical (unpaired) electrons. The van der Waals surface area contributed by atoms with Gasteiger partial charge in [-0.3, -0.25) is 4.72 Å². The number of nitrogens with zero attached hydrogens (tertiary/aromatic N) is 1. The van der Waals surface area contributed by atoms with Crippen LogP contribution in [0.1, 0.15) is 35.6 Å². The van der Waals surface area contributed by atoms with E-state index in [0.29, 0.717) is 6.07 Å². The van der Waals surface area contributed by atoms with Gasteiger partial charge in [-0.25, -0.2) is 0 Å². The SMILES string of the molecule is CC/C(=N\OCc1ccc(C(F)(F)F)cc1)c1ccc(C(F)(F)F)cc1NS(=O)(=O)C(F)(F)F. The highest BCUT2D eigenvalue weighted by Gasteiger charge is 2.46. The van der Waals surface area contributed by atoms with E-state index in [4.69, 9.17) is 4.84 Å². The molecule has 0 aliphatic carbocycles. The molecular weight excluding hydrogens is 507 g/mol. The molecule has 1 N–H and O–H groups in total. The fraction of sp³-hybridized carbons (Fsp3) is 0.316. The third-order valence-electron chi connectivity index (χ3n) is 4.23. The van der Waals surface area contributed by atoms with Gasteiger partial charge in [-0.15, -0.1) is 0 Å². The van der Waals surface area contributed by atoms with Crippen LogP contribution in [0.15, 0.2) is 47.6 Å². The van der Waals surface area contributed by atoms with Crippen LogP contribution < -0.4 is 4.72 Å². The molecule has 0 aromatic heterocycles. The Kier molecular flexibility index (Phi) is 7.80. The average molecular weight is 522 g/mol. The van der Waals surface area contributed by atoms with Crippen LogP contribution in [0, 0.1) is 0 Å². The molecule has 2 aromatic rings. The molecule has 0 fully saturated rings. The quantitative estimate of drug-likeness (QED) is 0.263. The van der Waals surface area contributed by atoms with Gasteiger partial charge < -0.3 is 4.84 Å². The van der Waals surface area contributed by atoms with Crippen LogP contribution in [0.2, 0.25) is 0 Å². The molecule has 2 aromatic carbocycles. The molecule has 2 rings (SSSR count). The van der Waals surface area contributed by atoms with Gasteiger partial charge in [0.15, 0.2) is 0 Å². The number of anilines is 1. The third-order valence-corrected chi connectivity index (χ3v) is 5.33. The van der Waals surface area contributed by atoms with E-state index in [1.807, 2.05) is 0 Å². The summed E-state index contributed by atoms with van der Waals surface area (Å²) in [6.45, 7) is 1.03. The first-order chi connectivity index (χ1) is 15.5. The molecule has 0 heterocycles. The molecule has 0 bridgehead atoms. The minimum Gasteiger partial charge on any atom is -0.391 e. The van der Waals surface area contributed by atoms with E-state index >= 15 is 0 Å². The summed E-state index contributed by atoms with van der Waals surface area (Å²) in [6.07, 6.45) is -9.66. The summed E-state index contributed by atoms with van der Waals surface area (Å²) in [6, 6.07) is 5.16. The fourth-order valence-electron chi connectivity index (χ4n) is 2.54. The Labute approximate surface area is 187 Å². The normalized spacial score (nSPS) is 13.6. The minimum absolute atomic E-state index is 0.112. The Bertz CT molecular complexity index is 1140. The van der Waals surface area contributed by atoms with Crippen molar-refractivity contribution in [3.63, 3.8) is 0 Å². The highest BCUT2D eigenvalue weighted by atomic mass is 32.2. The standard InChI is InChI=1S/C19H15F9N2O3S/c1-2-15(29-33-10-11-3-5-12(6-4-11)17(20,21)22)14-8-7-13(18(23,24)25)9-16(14)30-34(31,32)19(26,27)28/h3-9,30H,2,10H2,1H3/b29-15+. The molecular formula is C19H15F9N2O3S. The second kappa shape index (κ2) is 9.72. The van der Waals surface area contributed by atoms with Gasteiger partial charge in [0.1, 0.15) is 6.61 Å². The van der Waals surface area contributed by atoms with Crippen molar-refractivity contribution in [1.82, 2.24) is 0 Å². The first-order valence-corrected chi connectivity index (χ1v) is 10.6. The largest absolute Gasteiger partial charge is 0.516 e. The van der Waals surface area contributed by atoms with Crippen molar-refractivity contribution in [2.45, 2.75) is 37.8 Å². The number of sulfonamides is 1. The molecule has 0 saturated heterocycles. The predicted molar refractivity (Wildman–Crippen MR) is 103 cm³/mol. The van der Waals surface area contributed by atoms with Crippen LogP contribution in [0.25, 0.3) is 0 Å². The lowest BCUT2D eigenvalue weighted by molar-refractivity contribution is -0.138. The average Bonchev–Trinajstić information content (AvgIpc) is 2.69. The van der Waals surface area contributed by atoms with E-state index in [-0.39, 0.29) is 30.4 Å². The third kappa shape index (κ3) is 6.77. The lowest BCUT2D eigenvalue weighted by Gasteiger charge is -2.17. The first-order valence-electron chi connectivity index (χ1n) is 9.11. The first kappa shape index (κ1) is 27.3. The van der Waals surface area contributed by atoms with Gasteiger partial charge in [0.05, 0.1) is 22.5 Å². The van der Waals surface area contributed by atoms with Gasteiger partial charge in [0, 0.05) is 5.56 Å². The van der Waals surface area contributed by atoms with E-state index in [0.717, 1.165) is 35.1 Å². The zero-order valence-corrected chi connectivity index (χ0v) is 17.8. The molecule has 5 nitrogen and oxygen atoms in total. The molecule has 0 aliphatic rings. The van der Waals surface area contributed by atoms with Crippen molar-refractivity contribution in [2.75, 3.05) is 4.72 Å². The van der Waals surface area contributed by atoms with Crippen molar-refractivity contribution in [2.24, 2.45) is 5.16 Å². The van der Waals surface area contributed by atoms with Gasteiger partial charge in [0.25, 0.3) is 0 Å². The van der Waals surface area contributed by atoms with E-state index in [9.17, 15) is 47.9 Å². The van der Waals surface area contributed by atoms with E-state index in [2.05, 4.69) is 5.16 Å². The Morgan fingerprint density at radius 2 is 1.41 bits per heavy atom. The van der Waals surface area contributed by atoms with Crippen LogP contribution >= 0.6 is 0 Å². The van der Waals surface area contributed by atoms with Gasteiger partial charge in [-0.2, -0.15) is 47.9 Å². The van der Waals surface area contributed by atoms with Gasteiger partial charge in [0.2, 0.25) is 0 Å². The van der Waals surface area contributed by atoms with Crippen molar-refractivity contribution in [3.05, 3.63) is 64.7 Å². The summed E-state index contributed by atoms with van der Waals surface area (Å²) in [5, 5.41) is 3.62. The number of halogens is 9. The summed E-state index contributed by atoms with van der Waals surface area (Å²) < 4.78 is 139. The maximum absolute atomic E-state index is 13.0. The topological polar surface area (TPSA) is 67.8 Å². The van der Waals surface area contributed by atoms with E-state index < -0.39 is 50.3 Å². The van der Waals surface area contributed by atoms with Gasteiger partial charge >= 0.3 is 27.9 Å². The molecule has 0 unspecified atom stereocenters. The molecule has 0 atom stereocenters. The smallest absolute Gasteiger partial charge is 0.391 e. The summed E-state index contributed by atoms with van der Waals surface area (Å²) in [5.74, 6) is 0. The molecule has 0 amide bonds. The second-order valence-corrected chi connectivity index (χ2v) is 8.34. The van der Waals surface area contributed by atoms with Crippen molar-refractivity contribution >= 4 is 21.4 Å². The number of hydrogen-bond donors (Lipinski definition) is 1. The molecule has 34 heavy (non-hydrogen) atoms. The van der Waals surface area contributed by atoms with Crippen LogP contribution in [-0.4, -0.2) is 19.6 Å². The number of oxime groups is 1. The van der Waals surface area contributed by atoms with E-state index in [1.165, 1.54) is 6.92 Å². The highest BCUT2D eigenvalue weighted by Crippen LogP contribution is 2.35. The lowest BCUT2D eigenvalue weighted by Crippen LogP contribution is -2.30. The van der Waals surface area contributed by atoms with Crippen molar-refractivity contribution in [3.8, 4) is 0 Å². The summed E-state index contributed by atoms with van der Waals surface area (Å²) in [5.41, 5.74) is -9.58. The molecule has 15 heteroatoms. The van der Waals surface area contributed by atoms with Gasteiger partial charge in [-0.1, -0.05) is 30.3 Å². The monoisotopic (exact) mass is 522 g/mol. The maximum atomic E-state index is 13.0. The molecule has 0 saturated carbocycles. The van der Waals surface area contributed by atoms with E-state index in [1.54, 1.807) is 0 Å². The van der Waals surface area contributed by atoms with Crippen molar-refractivity contribution in [1.29, 1.82) is 0 Å². The Hall–Kier alpha value is -2.97. The van der Waals surface area contributed by atoms with Crippen LogP contribution in [0.5, 0.6) is 0 Å². The summed E-state index contributed by atoms with van der Waals surface area (Å²) in [7, 11) is -6.06. The maximum Gasteiger partial charge on any atom is 0.516 e. The number of rotatable bonds is 7. The Balaban J connectivity index is 2.37. The molecule has 0 spiro atoms. The molecule has 0 aliphatic heterocycles. The van der Waals surface area contributed by atoms with Crippen LogP contribution in [0.3, 0.4) is 0 Å². The Morgan fingerprint density at radius 1 is 0.882 bits per heavy atom. The van der Waals surface area contributed by atoms with Crippen LogP contribution in [-0.2, 0) is 33.8 Å². The Morgan fingerprint density at radius 3 is 1.88 bits per heavy atom. The van der Waals surface area contributed by atoms with Crippen LogP contribution in [0.4, 0.5) is 45.2 Å². The predicted octanol–water partition coefficient (Wildman–Crippen LogP) is 6.32. The minimum atomic E-state index is -6.06. The zero-order chi connectivity index (χ0) is 25.9. The zero-order valence-electron chi connectivity index (χ0n) is 16.9. The van der Waals surface area contributed by atoms with Crippen molar-refractivity contribution < 1.29 is 52.8 Å². The summed E-state index contributed by atoms with van der Waals surface area (Å²) >= 11 is 0. The summed E-state index contributed by atoms with van der Waals surface area (Å²) in [4.78, 5) is 4.99. The fourth-order valence-corrected chi connectivity index (χ4v) is 3.11. The lowest BCUT2D eigenvalue weighted by atomic mass is 10.0. The number of benzene rings is 2. The number of alkyl halides is 9.